The number of nitro groups is 1. The van der Waals surface area contributed by atoms with E-state index in [9.17, 15) is 19.7 Å². The van der Waals surface area contributed by atoms with Crippen molar-refractivity contribution in [2.75, 3.05) is 27.3 Å². The lowest BCUT2D eigenvalue weighted by Gasteiger charge is -2.29. The highest BCUT2D eigenvalue weighted by atomic mass is 16.6. The first-order chi connectivity index (χ1) is 16.7. The Morgan fingerprint density at radius 3 is 2.40 bits per heavy atom. The summed E-state index contributed by atoms with van der Waals surface area (Å²) in [5.74, 6) is -2.30. The van der Waals surface area contributed by atoms with Gasteiger partial charge in [0.25, 0.3) is 5.69 Å². The summed E-state index contributed by atoms with van der Waals surface area (Å²) < 4.78 is 10.5. The molecule has 0 aliphatic carbocycles. The minimum atomic E-state index is -0.988. The van der Waals surface area contributed by atoms with E-state index in [1.165, 1.54) is 25.4 Å². The van der Waals surface area contributed by atoms with Crippen LogP contribution in [0.2, 0.25) is 0 Å². The fraction of sp³-hybridized carbons (Fsp3) is 0.320. The van der Waals surface area contributed by atoms with Gasteiger partial charge in [0.15, 0.2) is 0 Å². The molecule has 184 valence electrons. The lowest BCUT2D eigenvalue weighted by molar-refractivity contribution is -0.385. The molecule has 2 heterocycles. The second-order valence-corrected chi connectivity index (χ2v) is 8.18. The van der Waals surface area contributed by atoms with Crippen molar-refractivity contribution >= 4 is 17.6 Å². The number of likely N-dealkylation sites (N-methyl/N-ethyl adjacent to an activating group) is 1. The molecular weight excluding hydrogens is 452 g/mol. The fourth-order valence-corrected chi connectivity index (χ4v) is 3.99. The van der Waals surface area contributed by atoms with E-state index in [1.807, 2.05) is 42.3 Å². The first-order valence-corrected chi connectivity index (χ1v) is 11.0. The van der Waals surface area contributed by atoms with E-state index in [1.54, 1.807) is 13.8 Å². The highest BCUT2D eigenvalue weighted by molar-refractivity contribution is 5.99. The normalized spacial score (nSPS) is 15.6. The predicted molar refractivity (Wildman–Crippen MR) is 128 cm³/mol. The first-order valence-electron chi connectivity index (χ1n) is 11.0. The van der Waals surface area contributed by atoms with Gasteiger partial charge in [-0.1, -0.05) is 30.3 Å². The summed E-state index contributed by atoms with van der Waals surface area (Å²) in [6.07, 6.45) is 1.27. The molecule has 1 atom stereocenters. The van der Waals surface area contributed by atoms with E-state index in [0.717, 1.165) is 5.56 Å². The quantitative estimate of drug-likeness (QED) is 0.327. The van der Waals surface area contributed by atoms with Crippen LogP contribution in [0.15, 0.2) is 71.2 Å². The highest BCUT2D eigenvalue weighted by Gasteiger charge is 2.39. The molecule has 0 saturated carbocycles. The van der Waals surface area contributed by atoms with Crippen LogP contribution in [0.4, 0.5) is 5.69 Å². The SMILES string of the molecule is COC(=O)C1=C(C)NC(C)=C(C(=O)OCCN(C)Cc2ccccc2)C1c1cc([N+](=O)[O-])ccn1. The Bertz CT molecular complexity index is 1180. The predicted octanol–water partition coefficient (Wildman–Crippen LogP) is 3.07. The Morgan fingerprint density at radius 2 is 1.77 bits per heavy atom. The van der Waals surface area contributed by atoms with Gasteiger partial charge in [-0.2, -0.15) is 0 Å². The summed E-state index contributed by atoms with van der Waals surface area (Å²) in [6.45, 7) is 4.64. The molecule has 1 aliphatic heterocycles. The summed E-state index contributed by atoms with van der Waals surface area (Å²) in [4.78, 5) is 43.0. The molecule has 10 nitrogen and oxygen atoms in total. The summed E-state index contributed by atoms with van der Waals surface area (Å²) in [5, 5.41) is 14.4. The molecule has 0 spiro atoms. The molecule has 0 bridgehead atoms. The van der Waals surface area contributed by atoms with Crippen LogP contribution in [0.5, 0.6) is 0 Å². The molecule has 2 aromatic rings. The molecule has 1 aromatic heterocycles. The number of benzene rings is 1. The summed E-state index contributed by atoms with van der Waals surface area (Å²) in [5.41, 5.74) is 2.32. The number of esters is 2. The van der Waals surface area contributed by atoms with Crippen molar-refractivity contribution in [1.29, 1.82) is 0 Å². The second-order valence-electron chi connectivity index (χ2n) is 8.18. The van der Waals surface area contributed by atoms with Crippen molar-refractivity contribution in [1.82, 2.24) is 15.2 Å². The Balaban J connectivity index is 1.84. The number of nitrogens with zero attached hydrogens (tertiary/aromatic N) is 3. The van der Waals surface area contributed by atoms with Gasteiger partial charge in [-0.15, -0.1) is 0 Å². The second kappa shape index (κ2) is 11.4. The third-order valence-electron chi connectivity index (χ3n) is 5.66. The number of ether oxygens (including phenoxy) is 2. The van der Waals surface area contributed by atoms with Crippen LogP contribution < -0.4 is 5.32 Å². The minimum absolute atomic E-state index is 0.115. The van der Waals surface area contributed by atoms with Crippen LogP contribution in [0.25, 0.3) is 0 Å². The Labute approximate surface area is 203 Å². The third-order valence-corrected chi connectivity index (χ3v) is 5.66. The van der Waals surface area contributed by atoms with Crippen molar-refractivity contribution < 1.29 is 24.0 Å². The van der Waals surface area contributed by atoms with Crippen molar-refractivity contribution in [3.63, 3.8) is 0 Å². The summed E-state index contributed by atoms with van der Waals surface area (Å²) >= 11 is 0. The van der Waals surface area contributed by atoms with Crippen molar-refractivity contribution in [3.05, 3.63) is 92.6 Å². The van der Waals surface area contributed by atoms with Gasteiger partial charge >= 0.3 is 11.9 Å². The molecule has 35 heavy (non-hydrogen) atoms. The number of carbonyl (C=O) groups excluding carboxylic acids is 2. The lowest BCUT2D eigenvalue weighted by Crippen LogP contribution is -2.33. The molecule has 0 fully saturated rings. The maximum atomic E-state index is 13.2. The smallest absolute Gasteiger partial charge is 0.336 e. The number of methoxy groups -OCH3 is 1. The van der Waals surface area contributed by atoms with Crippen LogP contribution in [0.1, 0.15) is 31.0 Å². The summed E-state index contributed by atoms with van der Waals surface area (Å²) in [6, 6.07) is 12.4. The highest BCUT2D eigenvalue weighted by Crippen LogP contribution is 2.39. The van der Waals surface area contributed by atoms with Crippen LogP contribution in [-0.2, 0) is 25.6 Å². The number of nitrogens with one attached hydrogen (secondary N) is 1. The van der Waals surface area contributed by atoms with Gasteiger partial charge in [0.1, 0.15) is 6.61 Å². The van der Waals surface area contributed by atoms with Crippen LogP contribution in [0, 0.1) is 10.1 Å². The van der Waals surface area contributed by atoms with E-state index in [2.05, 4.69) is 10.3 Å². The van der Waals surface area contributed by atoms with E-state index < -0.39 is 22.8 Å². The number of dihydropyridines is 1. The molecule has 10 heteroatoms. The van der Waals surface area contributed by atoms with Crippen LogP contribution in [0.3, 0.4) is 0 Å². The maximum absolute atomic E-state index is 13.2. The molecule has 1 aliphatic rings. The molecular formula is C25H28N4O6. The van der Waals surface area contributed by atoms with Gasteiger partial charge < -0.3 is 14.8 Å². The molecule has 0 radical (unpaired) electrons. The number of aromatic nitrogens is 1. The number of hydrogen-bond acceptors (Lipinski definition) is 9. The Hall–Kier alpha value is -4.05. The Morgan fingerprint density at radius 1 is 1.11 bits per heavy atom. The number of carbonyl (C=O) groups is 2. The van der Waals surface area contributed by atoms with Crippen LogP contribution in [-0.4, -0.2) is 54.1 Å². The van der Waals surface area contributed by atoms with Crippen molar-refractivity contribution in [2.45, 2.75) is 26.3 Å². The third kappa shape index (κ3) is 6.10. The molecule has 0 saturated heterocycles. The summed E-state index contributed by atoms with van der Waals surface area (Å²) in [7, 11) is 3.15. The average molecular weight is 481 g/mol. The molecule has 0 amide bonds. The van der Waals surface area contributed by atoms with E-state index in [0.29, 0.717) is 24.5 Å². The van der Waals surface area contributed by atoms with E-state index in [4.69, 9.17) is 9.47 Å². The van der Waals surface area contributed by atoms with Gasteiger partial charge in [0, 0.05) is 42.8 Å². The lowest BCUT2D eigenvalue weighted by atomic mass is 9.82. The number of hydrogen-bond donors (Lipinski definition) is 1. The van der Waals surface area contributed by atoms with Gasteiger partial charge in [-0.05, 0) is 26.5 Å². The van der Waals surface area contributed by atoms with Crippen molar-refractivity contribution in [3.8, 4) is 0 Å². The van der Waals surface area contributed by atoms with Gasteiger partial charge in [0.2, 0.25) is 0 Å². The van der Waals surface area contributed by atoms with Gasteiger partial charge in [0.05, 0.1) is 34.8 Å². The van der Waals surface area contributed by atoms with Gasteiger partial charge in [-0.25, -0.2) is 9.59 Å². The molecule has 1 unspecified atom stereocenters. The standard InChI is InChI=1S/C25H28N4O6/c1-16-21(24(30)34-4)23(20-14-19(29(32)33)10-11-26-20)22(17(2)27-16)25(31)35-13-12-28(3)15-18-8-6-5-7-9-18/h5-11,14,23,27H,12-13,15H2,1-4H3. The number of rotatable bonds is 9. The van der Waals surface area contributed by atoms with Gasteiger partial charge in [-0.3, -0.25) is 20.0 Å². The Kier molecular flexibility index (Phi) is 8.32. The molecule has 1 aromatic carbocycles. The van der Waals surface area contributed by atoms with E-state index in [-0.39, 0.29) is 29.1 Å². The van der Waals surface area contributed by atoms with E-state index >= 15 is 0 Å². The zero-order chi connectivity index (χ0) is 25.5. The largest absolute Gasteiger partial charge is 0.466 e. The monoisotopic (exact) mass is 480 g/mol. The topological polar surface area (TPSA) is 124 Å². The molecule has 3 rings (SSSR count). The average Bonchev–Trinajstić information content (AvgIpc) is 2.83. The fourth-order valence-electron chi connectivity index (χ4n) is 3.99. The zero-order valence-corrected chi connectivity index (χ0v) is 20.1. The van der Waals surface area contributed by atoms with Crippen molar-refractivity contribution in [2.24, 2.45) is 0 Å². The number of allylic oxidation sites excluding steroid dienone is 2. The first kappa shape index (κ1) is 25.6. The number of pyridine rings is 1. The zero-order valence-electron chi connectivity index (χ0n) is 20.1. The molecule has 1 N–H and O–H groups in total. The van der Waals surface area contributed by atoms with Crippen LogP contribution >= 0.6 is 0 Å². The maximum Gasteiger partial charge on any atom is 0.336 e. The minimum Gasteiger partial charge on any atom is -0.466 e.